The molecule has 2 fully saturated rings. The lowest BCUT2D eigenvalue weighted by molar-refractivity contribution is -0.133. The average Bonchev–Trinajstić information content (AvgIpc) is 2.79. The molecule has 0 aromatic heterocycles. The molecule has 1 aliphatic carbocycles. The molecule has 2 atom stereocenters. The standard InChI is InChI=1S/C14H22N2O2/c1-10-3-6-14(9-15,7-4-10)16-13(17)12-11(2)5-8-18-12/h10-12H,3-8H2,1-2H3,(H,16,17). The Bertz CT molecular complexity index is 353. The molecule has 1 heterocycles. The molecule has 2 rings (SSSR count). The van der Waals surface area contributed by atoms with Crippen LogP contribution in [0.4, 0.5) is 0 Å². The van der Waals surface area contributed by atoms with Crippen molar-refractivity contribution >= 4 is 5.91 Å². The zero-order valence-electron chi connectivity index (χ0n) is 11.2. The van der Waals surface area contributed by atoms with Crippen molar-refractivity contribution < 1.29 is 9.53 Å². The number of amides is 1. The minimum atomic E-state index is -0.657. The van der Waals surface area contributed by atoms with Gasteiger partial charge in [-0.2, -0.15) is 5.26 Å². The van der Waals surface area contributed by atoms with Gasteiger partial charge < -0.3 is 10.1 Å². The summed E-state index contributed by atoms with van der Waals surface area (Å²) in [4.78, 5) is 12.2. The quantitative estimate of drug-likeness (QED) is 0.815. The lowest BCUT2D eigenvalue weighted by atomic mass is 9.78. The Kier molecular flexibility index (Phi) is 3.91. The highest BCUT2D eigenvalue weighted by atomic mass is 16.5. The Morgan fingerprint density at radius 2 is 2.00 bits per heavy atom. The van der Waals surface area contributed by atoms with Crippen LogP contribution in [0.2, 0.25) is 0 Å². The van der Waals surface area contributed by atoms with Gasteiger partial charge in [-0.3, -0.25) is 4.79 Å². The molecule has 100 valence electrons. The second-order valence-corrected chi connectivity index (χ2v) is 5.92. The van der Waals surface area contributed by atoms with Gasteiger partial charge in [-0.05, 0) is 43.9 Å². The Labute approximate surface area is 109 Å². The van der Waals surface area contributed by atoms with Crippen molar-refractivity contribution in [1.82, 2.24) is 5.32 Å². The van der Waals surface area contributed by atoms with Crippen LogP contribution in [0.1, 0.15) is 46.0 Å². The summed E-state index contributed by atoms with van der Waals surface area (Å²) >= 11 is 0. The van der Waals surface area contributed by atoms with Crippen LogP contribution < -0.4 is 5.32 Å². The van der Waals surface area contributed by atoms with Gasteiger partial charge in [0.05, 0.1) is 6.07 Å². The summed E-state index contributed by atoms with van der Waals surface area (Å²) in [6.07, 6.45) is 4.10. The molecule has 1 N–H and O–H groups in total. The Morgan fingerprint density at radius 1 is 1.33 bits per heavy atom. The number of carbonyl (C=O) groups is 1. The van der Waals surface area contributed by atoms with Crippen molar-refractivity contribution in [2.24, 2.45) is 11.8 Å². The molecule has 4 nitrogen and oxygen atoms in total. The molecular weight excluding hydrogens is 228 g/mol. The monoisotopic (exact) mass is 250 g/mol. The highest BCUT2D eigenvalue weighted by Crippen LogP contribution is 2.32. The van der Waals surface area contributed by atoms with E-state index >= 15 is 0 Å². The van der Waals surface area contributed by atoms with Crippen LogP contribution in [0, 0.1) is 23.2 Å². The molecule has 0 aromatic rings. The third-order valence-corrected chi connectivity index (χ3v) is 4.35. The summed E-state index contributed by atoms with van der Waals surface area (Å²) in [5, 5.41) is 12.3. The molecule has 1 saturated carbocycles. The van der Waals surface area contributed by atoms with Gasteiger partial charge in [-0.15, -0.1) is 0 Å². The predicted molar refractivity (Wildman–Crippen MR) is 67.6 cm³/mol. The van der Waals surface area contributed by atoms with E-state index in [9.17, 15) is 10.1 Å². The third kappa shape index (κ3) is 2.67. The minimum absolute atomic E-state index is 0.101. The van der Waals surface area contributed by atoms with Gasteiger partial charge in [-0.1, -0.05) is 13.8 Å². The van der Waals surface area contributed by atoms with Crippen LogP contribution in [0.25, 0.3) is 0 Å². The van der Waals surface area contributed by atoms with E-state index in [2.05, 4.69) is 18.3 Å². The first-order chi connectivity index (χ1) is 8.56. The molecule has 2 unspecified atom stereocenters. The number of nitrogens with one attached hydrogen (secondary N) is 1. The molecule has 0 aromatic carbocycles. The number of nitriles is 1. The normalized spacial score (nSPS) is 40.2. The van der Waals surface area contributed by atoms with E-state index in [4.69, 9.17) is 4.74 Å². The lowest BCUT2D eigenvalue weighted by Crippen LogP contribution is -2.53. The van der Waals surface area contributed by atoms with Crippen LogP contribution >= 0.6 is 0 Å². The smallest absolute Gasteiger partial charge is 0.250 e. The zero-order chi connectivity index (χ0) is 13.2. The van der Waals surface area contributed by atoms with Gasteiger partial charge in [0.25, 0.3) is 5.91 Å². The Hall–Kier alpha value is -1.08. The number of hydrogen-bond acceptors (Lipinski definition) is 3. The third-order valence-electron chi connectivity index (χ3n) is 4.35. The van der Waals surface area contributed by atoms with Gasteiger partial charge in [0.2, 0.25) is 0 Å². The summed E-state index contributed by atoms with van der Waals surface area (Å²) in [6.45, 7) is 4.88. The lowest BCUT2D eigenvalue weighted by Gasteiger charge is -2.35. The first kappa shape index (κ1) is 13.4. The van der Waals surface area contributed by atoms with E-state index in [1.54, 1.807) is 0 Å². The number of carbonyl (C=O) groups excluding carboxylic acids is 1. The molecule has 18 heavy (non-hydrogen) atoms. The fourth-order valence-corrected chi connectivity index (χ4v) is 2.86. The number of ether oxygens (including phenoxy) is 1. The maximum Gasteiger partial charge on any atom is 0.250 e. The van der Waals surface area contributed by atoms with Crippen molar-refractivity contribution in [1.29, 1.82) is 5.26 Å². The van der Waals surface area contributed by atoms with E-state index in [1.807, 2.05) is 6.92 Å². The second-order valence-electron chi connectivity index (χ2n) is 5.92. The van der Waals surface area contributed by atoms with Crippen LogP contribution in [0.5, 0.6) is 0 Å². The number of rotatable bonds is 2. The van der Waals surface area contributed by atoms with E-state index in [0.717, 1.165) is 32.1 Å². The summed E-state index contributed by atoms with van der Waals surface area (Å²) in [7, 11) is 0. The van der Waals surface area contributed by atoms with Crippen molar-refractivity contribution in [2.45, 2.75) is 57.6 Å². The molecule has 0 bridgehead atoms. The summed E-state index contributed by atoms with van der Waals surface area (Å²) < 4.78 is 5.46. The first-order valence-electron chi connectivity index (χ1n) is 6.91. The van der Waals surface area contributed by atoms with Crippen LogP contribution in [0.3, 0.4) is 0 Å². The van der Waals surface area contributed by atoms with Crippen molar-refractivity contribution in [2.75, 3.05) is 6.61 Å². The van der Waals surface area contributed by atoms with Crippen molar-refractivity contribution in [3.05, 3.63) is 0 Å². The maximum atomic E-state index is 12.2. The number of hydrogen-bond donors (Lipinski definition) is 1. The largest absolute Gasteiger partial charge is 0.368 e. The van der Waals surface area contributed by atoms with Gasteiger partial charge >= 0.3 is 0 Å². The summed E-state index contributed by atoms with van der Waals surface area (Å²) in [5.41, 5.74) is -0.657. The van der Waals surface area contributed by atoms with Crippen LogP contribution in [0.15, 0.2) is 0 Å². The molecule has 2 aliphatic rings. The van der Waals surface area contributed by atoms with Gasteiger partial charge in [-0.25, -0.2) is 0 Å². The Morgan fingerprint density at radius 3 is 2.50 bits per heavy atom. The molecule has 1 aliphatic heterocycles. The van der Waals surface area contributed by atoms with Crippen LogP contribution in [-0.4, -0.2) is 24.2 Å². The summed E-state index contributed by atoms with van der Waals surface area (Å²) in [5.74, 6) is 0.810. The van der Waals surface area contributed by atoms with E-state index in [-0.39, 0.29) is 17.9 Å². The van der Waals surface area contributed by atoms with E-state index in [0.29, 0.717) is 12.5 Å². The van der Waals surface area contributed by atoms with Crippen molar-refractivity contribution in [3.8, 4) is 6.07 Å². The highest BCUT2D eigenvalue weighted by molar-refractivity contribution is 5.82. The minimum Gasteiger partial charge on any atom is -0.368 e. The molecule has 0 spiro atoms. The van der Waals surface area contributed by atoms with E-state index in [1.165, 1.54) is 0 Å². The van der Waals surface area contributed by atoms with Crippen LogP contribution in [-0.2, 0) is 9.53 Å². The summed E-state index contributed by atoms with van der Waals surface area (Å²) in [6, 6.07) is 2.32. The van der Waals surface area contributed by atoms with E-state index < -0.39 is 5.54 Å². The molecule has 1 amide bonds. The molecular formula is C14H22N2O2. The first-order valence-corrected chi connectivity index (χ1v) is 6.91. The molecule has 4 heteroatoms. The predicted octanol–water partition coefficient (Wildman–Crippen LogP) is 2.00. The SMILES string of the molecule is CC1CCC(C#N)(NC(=O)C2OCCC2C)CC1. The van der Waals surface area contributed by atoms with Gasteiger partial charge in [0, 0.05) is 6.61 Å². The zero-order valence-corrected chi connectivity index (χ0v) is 11.2. The fraction of sp³-hybridized carbons (Fsp3) is 0.857. The van der Waals surface area contributed by atoms with Gasteiger partial charge in [0.15, 0.2) is 0 Å². The molecule has 1 saturated heterocycles. The van der Waals surface area contributed by atoms with Gasteiger partial charge in [0.1, 0.15) is 11.6 Å². The topological polar surface area (TPSA) is 62.1 Å². The average molecular weight is 250 g/mol. The number of nitrogens with zero attached hydrogens (tertiary/aromatic N) is 1. The fourth-order valence-electron chi connectivity index (χ4n) is 2.86. The maximum absolute atomic E-state index is 12.2. The highest BCUT2D eigenvalue weighted by Gasteiger charge is 2.39. The second kappa shape index (κ2) is 5.27. The Balaban J connectivity index is 1.98. The molecule has 0 radical (unpaired) electrons. The van der Waals surface area contributed by atoms with Crippen molar-refractivity contribution in [3.63, 3.8) is 0 Å².